The van der Waals surface area contributed by atoms with Crippen LogP contribution in [0.1, 0.15) is 90.5 Å². The summed E-state index contributed by atoms with van der Waals surface area (Å²) >= 11 is 12.8. The molecule has 2 aliphatic rings. The molecule has 0 unspecified atom stereocenters. The van der Waals surface area contributed by atoms with Gasteiger partial charge in [-0.05, 0) is 67.6 Å². The molecule has 2 aliphatic carbocycles. The zero-order valence-corrected chi connectivity index (χ0v) is 30.6. The van der Waals surface area contributed by atoms with Gasteiger partial charge in [-0.15, -0.1) is 12.4 Å². The van der Waals surface area contributed by atoms with Crippen LogP contribution in [0.4, 0.5) is 0 Å². The van der Waals surface area contributed by atoms with Crippen molar-refractivity contribution >= 4 is 69.2 Å². The summed E-state index contributed by atoms with van der Waals surface area (Å²) in [6.45, 7) is 1.93. The van der Waals surface area contributed by atoms with Gasteiger partial charge in [0.15, 0.2) is 0 Å². The summed E-state index contributed by atoms with van der Waals surface area (Å²) in [6.07, 6.45) is 14.9. The van der Waals surface area contributed by atoms with Gasteiger partial charge in [0.05, 0.1) is 21.2 Å². The Bertz CT molecular complexity index is 1880. The maximum absolute atomic E-state index is 12.9. The largest absolute Gasteiger partial charge is 0.361 e. The first kappa shape index (κ1) is 37.7. The number of H-pyrrole nitrogens is 2. The molecule has 2 fully saturated rings. The average Bonchev–Trinajstić information content (AvgIpc) is 3.82. The fourth-order valence-corrected chi connectivity index (χ4v) is 7.83. The SMILES string of the molecule is Cl.NC1(CNC(=O)c2ccc3[nH]ccc3c2Cl)CCCCC1.O=C(NCC1(NCc2ccccc2)CCCCC1)c1ccc2[nH]ccc2c1Cl. The molecule has 0 radical (unpaired) electrons. The van der Waals surface area contributed by atoms with E-state index in [0.717, 1.165) is 66.9 Å². The Labute approximate surface area is 310 Å². The molecule has 0 bridgehead atoms. The lowest BCUT2D eigenvalue weighted by atomic mass is 9.81. The molecule has 8 nitrogen and oxygen atoms in total. The Hall–Kier alpha value is -3.53. The van der Waals surface area contributed by atoms with Crippen molar-refractivity contribution in [2.45, 2.75) is 81.8 Å². The smallest absolute Gasteiger partial charge is 0.252 e. The molecule has 0 aliphatic heterocycles. The Morgan fingerprint density at radius 1 is 0.660 bits per heavy atom. The van der Waals surface area contributed by atoms with E-state index in [9.17, 15) is 9.59 Å². The van der Waals surface area contributed by atoms with Crippen molar-refractivity contribution in [3.8, 4) is 0 Å². The second-order valence-electron chi connectivity index (χ2n) is 13.7. The summed E-state index contributed by atoms with van der Waals surface area (Å²) < 4.78 is 0. The number of carbonyl (C=O) groups excluding carboxylic acids is 2. The first-order valence-corrected chi connectivity index (χ1v) is 18.2. The fraction of sp³-hybridized carbons (Fsp3) is 0.385. The summed E-state index contributed by atoms with van der Waals surface area (Å²) in [4.78, 5) is 31.4. The molecule has 2 heterocycles. The zero-order valence-electron chi connectivity index (χ0n) is 28.3. The third-order valence-electron chi connectivity index (χ3n) is 10.2. The third kappa shape index (κ3) is 9.03. The number of fused-ring (bicyclic) bond motifs is 2. The van der Waals surface area contributed by atoms with E-state index in [2.05, 4.69) is 50.2 Å². The van der Waals surface area contributed by atoms with Crippen LogP contribution in [0.25, 0.3) is 21.8 Å². The minimum absolute atomic E-state index is 0. The molecule has 5 aromatic rings. The van der Waals surface area contributed by atoms with Gasteiger partial charge in [-0.25, -0.2) is 0 Å². The third-order valence-corrected chi connectivity index (χ3v) is 11.0. The molecule has 266 valence electrons. The molecule has 50 heavy (non-hydrogen) atoms. The molecule has 7 N–H and O–H groups in total. The molecule has 0 atom stereocenters. The zero-order chi connectivity index (χ0) is 34.3. The topological polar surface area (TPSA) is 128 Å². The second kappa shape index (κ2) is 17.1. The van der Waals surface area contributed by atoms with Gasteiger partial charge in [0.1, 0.15) is 0 Å². The van der Waals surface area contributed by atoms with Crippen molar-refractivity contribution in [2.75, 3.05) is 13.1 Å². The predicted octanol–water partition coefficient (Wildman–Crippen LogP) is 8.68. The molecule has 2 aromatic heterocycles. The Morgan fingerprint density at radius 2 is 1.16 bits per heavy atom. The van der Waals surface area contributed by atoms with Crippen molar-refractivity contribution in [3.05, 3.63) is 106 Å². The Morgan fingerprint density at radius 3 is 1.70 bits per heavy atom. The van der Waals surface area contributed by atoms with E-state index in [4.69, 9.17) is 28.9 Å². The number of amides is 2. The number of aromatic nitrogens is 2. The van der Waals surface area contributed by atoms with Crippen molar-refractivity contribution < 1.29 is 9.59 Å². The number of nitrogens with one attached hydrogen (secondary N) is 5. The Balaban J connectivity index is 0.000000198. The van der Waals surface area contributed by atoms with E-state index in [1.54, 1.807) is 12.1 Å². The highest BCUT2D eigenvalue weighted by Gasteiger charge is 2.32. The number of hydrogen-bond donors (Lipinski definition) is 6. The standard InChI is InChI=1S/C23H26ClN3O.C16H20ClN3O.ClH/c24-21-18-11-14-25-20(18)10-9-19(21)22(28)26-16-23(12-5-2-6-13-23)27-15-17-7-3-1-4-8-17;17-14-11-6-9-19-13(11)5-4-12(14)15(21)20-10-16(18)7-2-1-3-8-16;/h1,3-4,7-11,14,25,27H,2,5-6,12-13,15-16H2,(H,26,28);4-6,9,19H,1-3,7-8,10,18H2,(H,20,21);1H. The maximum atomic E-state index is 12.9. The molecule has 7 rings (SSSR count). The van der Waals surface area contributed by atoms with Gasteiger partial charge in [0.25, 0.3) is 11.8 Å². The minimum atomic E-state index is -0.265. The summed E-state index contributed by atoms with van der Waals surface area (Å²) in [5.74, 6) is -0.266. The van der Waals surface area contributed by atoms with E-state index in [1.807, 2.05) is 42.7 Å². The highest BCUT2D eigenvalue weighted by Crippen LogP contribution is 2.31. The summed E-state index contributed by atoms with van der Waals surface area (Å²) in [5, 5.41) is 12.6. The quantitative estimate of drug-likeness (QED) is 0.0905. The molecule has 2 amide bonds. The summed E-state index contributed by atoms with van der Waals surface area (Å²) in [6, 6.07) is 21.5. The van der Waals surface area contributed by atoms with Crippen molar-refractivity contribution in [1.29, 1.82) is 0 Å². The lowest BCUT2D eigenvalue weighted by molar-refractivity contribution is 0.0924. The van der Waals surface area contributed by atoms with E-state index in [-0.39, 0.29) is 35.3 Å². The molecule has 0 saturated heterocycles. The van der Waals surface area contributed by atoms with Gasteiger partial charge < -0.3 is 31.7 Å². The first-order chi connectivity index (χ1) is 23.8. The number of nitrogens with two attached hydrogens (primary N) is 1. The van der Waals surface area contributed by atoms with E-state index >= 15 is 0 Å². The number of hydrogen-bond acceptors (Lipinski definition) is 4. The van der Waals surface area contributed by atoms with E-state index in [0.29, 0.717) is 34.3 Å². The number of rotatable bonds is 9. The number of benzene rings is 3. The van der Waals surface area contributed by atoms with Crippen LogP contribution in [0, 0.1) is 0 Å². The van der Waals surface area contributed by atoms with Gasteiger partial charge in [-0.3, -0.25) is 9.59 Å². The number of halogens is 3. The van der Waals surface area contributed by atoms with Gasteiger partial charge in [-0.1, -0.05) is 92.1 Å². The highest BCUT2D eigenvalue weighted by molar-refractivity contribution is 6.39. The minimum Gasteiger partial charge on any atom is -0.361 e. The molecule has 2 saturated carbocycles. The summed E-state index contributed by atoms with van der Waals surface area (Å²) in [7, 11) is 0. The maximum Gasteiger partial charge on any atom is 0.252 e. The van der Waals surface area contributed by atoms with E-state index < -0.39 is 0 Å². The van der Waals surface area contributed by atoms with Crippen LogP contribution >= 0.6 is 35.6 Å². The normalized spacial score (nSPS) is 16.5. The Kier molecular flexibility index (Phi) is 12.9. The molecular formula is C39H47Cl3N6O2. The molecular weight excluding hydrogens is 691 g/mol. The number of carbonyl (C=O) groups is 2. The van der Waals surface area contributed by atoms with Crippen LogP contribution in [0.3, 0.4) is 0 Å². The second-order valence-corrected chi connectivity index (χ2v) is 14.5. The molecule has 0 spiro atoms. The lowest BCUT2D eigenvalue weighted by Gasteiger charge is -2.38. The van der Waals surface area contributed by atoms with Crippen molar-refractivity contribution in [3.63, 3.8) is 0 Å². The fourth-order valence-electron chi connectivity index (χ4n) is 7.20. The van der Waals surface area contributed by atoms with Crippen molar-refractivity contribution in [2.24, 2.45) is 5.73 Å². The van der Waals surface area contributed by atoms with Gasteiger partial charge >= 0.3 is 0 Å². The molecule has 3 aromatic carbocycles. The average molecular weight is 738 g/mol. The predicted molar refractivity (Wildman–Crippen MR) is 208 cm³/mol. The van der Waals surface area contributed by atoms with Gasteiger partial charge in [-0.2, -0.15) is 0 Å². The van der Waals surface area contributed by atoms with Crippen LogP contribution in [0.2, 0.25) is 10.0 Å². The highest BCUT2D eigenvalue weighted by atomic mass is 35.5. The molecule has 11 heteroatoms. The monoisotopic (exact) mass is 736 g/mol. The van der Waals surface area contributed by atoms with Gasteiger partial charge in [0, 0.05) is 64.9 Å². The van der Waals surface area contributed by atoms with Crippen LogP contribution in [-0.2, 0) is 6.54 Å². The summed E-state index contributed by atoms with van der Waals surface area (Å²) in [5.41, 5.74) is 10.2. The number of aromatic amines is 2. The van der Waals surface area contributed by atoms with Gasteiger partial charge in [0.2, 0.25) is 0 Å². The van der Waals surface area contributed by atoms with Crippen LogP contribution in [0.15, 0.2) is 79.1 Å². The van der Waals surface area contributed by atoms with Crippen LogP contribution < -0.4 is 21.7 Å². The van der Waals surface area contributed by atoms with Crippen LogP contribution in [0.5, 0.6) is 0 Å². The van der Waals surface area contributed by atoms with Crippen molar-refractivity contribution in [1.82, 2.24) is 25.9 Å². The lowest BCUT2D eigenvalue weighted by Crippen LogP contribution is -2.54. The first-order valence-electron chi connectivity index (χ1n) is 17.4. The van der Waals surface area contributed by atoms with E-state index in [1.165, 1.54) is 31.2 Å². The van der Waals surface area contributed by atoms with Crippen LogP contribution in [-0.4, -0.2) is 45.9 Å².